The number of carbonyl (C=O) groups excluding carboxylic acids is 3. The fourth-order valence-corrected chi connectivity index (χ4v) is 5.35. The van der Waals surface area contributed by atoms with Crippen LogP contribution in [-0.4, -0.2) is 62.9 Å². The molecule has 5 unspecified atom stereocenters. The van der Waals surface area contributed by atoms with Gasteiger partial charge in [0.1, 0.15) is 18.1 Å². The Morgan fingerprint density at radius 2 is 1.25 bits per heavy atom. The van der Waals surface area contributed by atoms with E-state index in [4.69, 9.17) is 5.73 Å². The first-order valence-corrected chi connectivity index (χ1v) is 15.0. The number of carboxylic acid groups (broad SMARTS) is 1. The standard InChI is InChI=1S/C33H42N6O5/c1-5-19(4)29(32(42)37-27(33(43)44)15-21-17-36-26-13-9-7-11-23(21)26)39-31(41)28(18(2)3)38-30(40)24(34)14-20-16-35-25-12-8-6-10-22(20)25/h6-13,16-19,24,27-29,35-36H,5,14-15,34H2,1-4H3,(H,37,42)(H,38,40)(H,39,41)(H,43,44). The first-order valence-electron chi connectivity index (χ1n) is 15.0. The maximum atomic E-state index is 13.5. The van der Waals surface area contributed by atoms with Gasteiger partial charge < -0.3 is 36.8 Å². The van der Waals surface area contributed by atoms with E-state index in [9.17, 15) is 24.3 Å². The molecule has 2 aromatic heterocycles. The molecule has 0 saturated carbocycles. The highest BCUT2D eigenvalue weighted by Gasteiger charge is 2.34. The van der Waals surface area contributed by atoms with Crippen LogP contribution in [-0.2, 0) is 32.0 Å². The Kier molecular flexibility index (Phi) is 10.4. The minimum atomic E-state index is -1.21. The molecule has 2 heterocycles. The maximum Gasteiger partial charge on any atom is 0.326 e. The summed E-state index contributed by atoms with van der Waals surface area (Å²) in [6.45, 7) is 7.26. The number of aromatic amines is 2. The summed E-state index contributed by atoms with van der Waals surface area (Å²) in [7, 11) is 0. The highest BCUT2D eigenvalue weighted by molar-refractivity contribution is 5.95. The van der Waals surface area contributed by atoms with Crippen molar-refractivity contribution in [1.82, 2.24) is 25.9 Å². The van der Waals surface area contributed by atoms with Gasteiger partial charge >= 0.3 is 5.97 Å². The minimum absolute atomic E-state index is 0.0608. The van der Waals surface area contributed by atoms with Crippen LogP contribution >= 0.6 is 0 Å². The van der Waals surface area contributed by atoms with Crippen LogP contribution in [0.5, 0.6) is 0 Å². The van der Waals surface area contributed by atoms with E-state index >= 15 is 0 Å². The summed E-state index contributed by atoms with van der Waals surface area (Å²) in [6, 6.07) is 11.1. The smallest absolute Gasteiger partial charge is 0.326 e. The number of carbonyl (C=O) groups is 4. The predicted molar refractivity (Wildman–Crippen MR) is 170 cm³/mol. The van der Waals surface area contributed by atoms with E-state index in [1.54, 1.807) is 27.0 Å². The van der Waals surface area contributed by atoms with Crippen molar-refractivity contribution < 1.29 is 24.3 Å². The molecule has 0 saturated heterocycles. The van der Waals surface area contributed by atoms with Gasteiger partial charge in [-0.1, -0.05) is 70.5 Å². The third kappa shape index (κ3) is 7.46. The van der Waals surface area contributed by atoms with Crippen molar-refractivity contribution in [2.45, 2.75) is 71.1 Å². The van der Waals surface area contributed by atoms with E-state index < -0.39 is 47.9 Å². The lowest BCUT2D eigenvalue weighted by atomic mass is 9.95. The lowest BCUT2D eigenvalue weighted by Crippen LogP contribution is -2.60. The van der Waals surface area contributed by atoms with Gasteiger partial charge in [0.15, 0.2) is 0 Å². The summed E-state index contributed by atoms with van der Waals surface area (Å²) in [5, 5.41) is 20.0. The van der Waals surface area contributed by atoms with Gasteiger partial charge in [-0.2, -0.15) is 0 Å². The molecule has 0 aliphatic carbocycles. The molecule has 2 aromatic carbocycles. The minimum Gasteiger partial charge on any atom is -0.480 e. The van der Waals surface area contributed by atoms with Crippen molar-refractivity contribution >= 4 is 45.5 Å². The van der Waals surface area contributed by atoms with Crippen molar-refractivity contribution in [3.63, 3.8) is 0 Å². The maximum absolute atomic E-state index is 13.5. The monoisotopic (exact) mass is 602 g/mol. The van der Waals surface area contributed by atoms with Crippen LogP contribution in [0, 0.1) is 11.8 Å². The number of nitrogens with two attached hydrogens (primary N) is 1. The van der Waals surface area contributed by atoms with Crippen molar-refractivity contribution in [2.75, 3.05) is 0 Å². The summed E-state index contributed by atoms with van der Waals surface area (Å²) in [6.07, 6.45) is 4.44. The zero-order valence-corrected chi connectivity index (χ0v) is 25.5. The highest BCUT2D eigenvalue weighted by atomic mass is 16.4. The summed E-state index contributed by atoms with van der Waals surface area (Å²) < 4.78 is 0. The Bertz CT molecular complexity index is 1620. The topological polar surface area (TPSA) is 182 Å². The summed E-state index contributed by atoms with van der Waals surface area (Å²) in [5.74, 6) is -3.45. The molecule has 44 heavy (non-hydrogen) atoms. The van der Waals surface area contributed by atoms with Gasteiger partial charge in [0.2, 0.25) is 17.7 Å². The van der Waals surface area contributed by atoms with Crippen molar-refractivity contribution in [3.05, 3.63) is 72.1 Å². The van der Waals surface area contributed by atoms with Crippen LogP contribution in [0.2, 0.25) is 0 Å². The molecule has 11 heteroatoms. The second kappa shape index (κ2) is 14.2. The lowest BCUT2D eigenvalue weighted by Gasteiger charge is -2.29. The molecule has 3 amide bonds. The lowest BCUT2D eigenvalue weighted by molar-refractivity contribution is -0.142. The van der Waals surface area contributed by atoms with Gasteiger partial charge in [0.25, 0.3) is 0 Å². The molecular formula is C33H42N6O5. The Morgan fingerprint density at radius 1 is 0.750 bits per heavy atom. The third-order valence-corrected chi connectivity index (χ3v) is 8.21. The second-order valence-corrected chi connectivity index (χ2v) is 11.7. The zero-order valence-electron chi connectivity index (χ0n) is 25.5. The zero-order chi connectivity index (χ0) is 32.0. The average molecular weight is 603 g/mol. The average Bonchev–Trinajstić information content (AvgIpc) is 3.61. The normalized spacial score (nSPS) is 15.0. The second-order valence-electron chi connectivity index (χ2n) is 11.7. The van der Waals surface area contributed by atoms with Crippen LogP contribution < -0.4 is 21.7 Å². The number of fused-ring (bicyclic) bond motifs is 2. The quantitative estimate of drug-likeness (QED) is 0.116. The molecule has 234 valence electrons. The van der Waals surface area contributed by atoms with E-state index in [0.29, 0.717) is 6.42 Å². The fraction of sp³-hybridized carbons (Fsp3) is 0.394. The molecule has 0 fully saturated rings. The Hall–Kier alpha value is -4.64. The number of amides is 3. The number of hydrogen-bond donors (Lipinski definition) is 7. The Balaban J connectivity index is 1.43. The molecule has 0 aliphatic rings. The number of rotatable bonds is 14. The third-order valence-electron chi connectivity index (χ3n) is 8.21. The molecule has 8 N–H and O–H groups in total. The van der Waals surface area contributed by atoms with E-state index in [0.717, 1.165) is 32.9 Å². The summed E-state index contributed by atoms with van der Waals surface area (Å²) in [5.41, 5.74) is 9.71. The number of benzene rings is 2. The molecule has 4 rings (SSSR count). The molecular weight excluding hydrogens is 560 g/mol. The fourth-order valence-electron chi connectivity index (χ4n) is 5.35. The van der Waals surface area contributed by atoms with Crippen molar-refractivity contribution in [1.29, 1.82) is 0 Å². The van der Waals surface area contributed by atoms with Gasteiger partial charge in [-0.05, 0) is 41.5 Å². The van der Waals surface area contributed by atoms with Crippen LogP contribution in [0.1, 0.15) is 45.2 Å². The summed E-state index contributed by atoms with van der Waals surface area (Å²) in [4.78, 5) is 58.6. The molecule has 11 nitrogen and oxygen atoms in total. The number of nitrogens with one attached hydrogen (secondary N) is 5. The first kappa shape index (κ1) is 32.3. The van der Waals surface area contributed by atoms with Gasteiger partial charge in [-0.3, -0.25) is 14.4 Å². The van der Waals surface area contributed by atoms with E-state index in [-0.39, 0.29) is 24.7 Å². The number of carboxylic acids is 1. The van der Waals surface area contributed by atoms with Crippen molar-refractivity contribution in [3.8, 4) is 0 Å². The largest absolute Gasteiger partial charge is 0.480 e. The molecule has 0 radical (unpaired) electrons. The highest BCUT2D eigenvalue weighted by Crippen LogP contribution is 2.21. The number of para-hydroxylation sites is 2. The van der Waals surface area contributed by atoms with Gasteiger partial charge in [-0.15, -0.1) is 0 Å². The molecule has 4 aromatic rings. The molecule has 0 spiro atoms. The molecule has 0 aliphatic heterocycles. The van der Waals surface area contributed by atoms with Gasteiger partial charge in [0, 0.05) is 40.6 Å². The number of H-pyrrole nitrogens is 2. The number of aliphatic carboxylic acids is 1. The van der Waals surface area contributed by atoms with Crippen LogP contribution in [0.15, 0.2) is 60.9 Å². The Morgan fingerprint density at radius 3 is 1.77 bits per heavy atom. The van der Waals surface area contributed by atoms with Crippen LogP contribution in [0.25, 0.3) is 21.8 Å². The van der Waals surface area contributed by atoms with Gasteiger partial charge in [0.05, 0.1) is 6.04 Å². The number of hydrogen-bond acceptors (Lipinski definition) is 5. The number of aromatic nitrogens is 2. The summed E-state index contributed by atoms with van der Waals surface area (Å²) >= 11 is 0. The molecule has 0 bridgehead atoms. The van der Waals surface area contributed by atoms with Crippen LogP contribution in [0.3, 0.4) is 0 Å². The van der Waals surface area contributed by atoms with E-state index in [1.165, 1.54) is 0 Å². The van der Waals surface area contributed by atoms with E-state index in [2.05, 4.69) is 25.9 Å². The predicted octanol–water partition coefficient (Wildman–Crippen LogP) is 3.00. The molecule has 5 atom stereocenters. The Labute approximate surface area is 256 Å². The van der Waals surface area contributed by atoms with Crippen molar-refractivity contribution in [2.24, 2.45) is 17.6 Å². The SMILES string of the molecule is CCC(C)C(NC(=O)C(NC(=O)C(N)Cc1c[nH]c2ccccc12)C(C)C)C(=O)NC(Cc1c[nH]c2ccccc12)C(=O)O. The van der Waals surface area contributed by atoms with Gasteiger partial charge in [-0.25, -0.2) is 4.79 Å². The van der Waals surface area contributed by atoms with E-state index in [1.807, 2.05) is 61.7 Å². The first-order chi connectivity index (χ1) is 21.0. The van der Waals surface area contributed by atoms with Crippen LogP contribution in [0.4, 0.5) is 0 Å².